The van der Waals surface area contributed by atoms with Crippen molar-refractivity contribution in [1.82, 2.24) is 5.32 Å². The first kappa shape index (κ1) is 13.5. The summed E-state index contributed by atoms with van der Waals surface area (Å²) in [6, 6.07) is 9.86. The third kappa shape index (κ3) is 3.53. The summed E-state index contributed by atoms with van der Waals surface area (Å²) >= 11 is 0. The van der Waals surface area contributed by atoms with Gasteiger partial charge >= 0.3 is 0 Å². The van der Waals surface area contributed by atoms with E-state index in [9.17, 15) is 15.3 Å². The SMILES string of the molecule is O[C@@H]1C[C@@H](O)[C@@H](O)[C@H](NCCc2ccccc2)C1. The van der Waals surface area contributed by atoms with Gasteiger partial charge < -0.3 is 20.6 Å². The van der Waals surface area contributed by atoms with Crippen LogP contribution in [-0.4, -0.2) is 46.2 Å². The lowest BCUT2D eigenvalue weighted by Gasteiger charge is -2.35. The summed E-state index contributed by atoms with van der Waals surface area (Å²) in [5.41, 5.74) is 1.23. The Kier molecular flexibility index (Phi) is 4.72. The molecule has 0 saturated heterocycles. The minimum absolute atomic E-state index is 0.229. The summed E-state index contributed by atoms with van der Waals surface area (Å²) in [4.78, 5) is 0. The van der Waals surface area contributed by atoms with Gasteiger partial charge in [-0.25, -0.2) is 0 Å². The normalized spacial score (nSPS) is 32.4. The van der Waals surface area contributed by atoms with E-state index in [-0.39, 0.29) is 12.5 Å². The van der Waals surface area contributed by atoms with Crippen LogP contribution in [-0.2, 0) is 6.42 Å². The lowest BCUT2D eigenvalue weighted by atomic mass is 9.88. The largest absolute Gasteiger partial charge is 0.393 e. The summed E-state index contributed by atoms with van der Waals surface area (Å²) in [6.45, 7) is 0.727. The van der Waals surface area contributed by atoms with E-state index in [1.54, 1.807) is 0 Å². The predicted molar refractivity (Wildman–Crippen MR) is 69.2 cm³/mol. The van der Waals surface area contributed by atoms with Crippen molar-refractivity contribution in [2.45, 2.75) is 43.6 Å². The lowest BCUT2D eigenvalue weighted by Crippen LogP contribution is -2.53. The van der Waals surface area contributed by atoms with Crippen LogP contribution >= 0.6 is 0 Å². The number of benzene rings is 1. The highest BCUT2D eigenvalue weighted by Gasteiger charge is 2.34. The van der Waals surface area contributed by atoms with Gasteiger partial charge in [-0.3, -0.25) is 0 Å². The van der Waals surface area contributed by atoms with Gasteiger partial charge in [0.25, 0.3) is 0 Å². The second kappa shape index (κ2) is 6.29. The van der Waals surface area contributed by atoms with Gasteiger partial charge in [0.2, 0.25) is 0 Å². The number of nitrogens with one attached hydrogen (secondary N) is 1. The van der Waals surface area contributed by atoms with E-state index in [1.807, 2.05) is 18.2 Å². The van der Waals surface area contributed by atoms with Gasteiger partial charge in [-0.1, -0.05) is 30.3 Å². The highest BCUT2D eigenvalue weighted by molar-refractivity contribution is 5.14. The fraction of sp³-hybridized carbons (Fsp3) is 0.571. The standard InChI is InChI=1S/C14H21NO3/c16-11-8-12(14(18)13(17)9-11)15-7-6-10-4-2-1-3-5-10/h1-5,11-18H,6-9H2/t11-,12+,13+,14-/m0/s1. The average molecular weight is 251 g/mol. The molecule has 18 heavy (non-hydrogen) atoms. The number of aliphatic hydroxyl groups is 3. The molecule has 0 aliphatic heterocycles. The monoisotopic (exact) mass is 251 g/mol. The van der Waals surface area contributed by atoms with Crippen molar-refractivity contribution in [3.05, 3.63) is 35.9 Å². The molecule has 1 aromatic rings. The molecule has 0 spiro atoms. The van der Waals surface area contributed by atoms with E-state index in [2.05, 4.69) is 17.4 Å². The van der Waals surface area contributed by atoms with Gasteiger partial charge in [0.1, 0.15) is 0 Å². The molecule has 4 heteroatoms. The minimum Gasteiger partial charge on any atom is -0.393 e. The van der Waals surface area contributed by atoms with Crippen molar-refractivity contribution < 1.29 is 15.3 Å². The third-order valence-electron chi connectivity index (χ3n) is 3.51. The molecule has 4 nitrogen and oxygen atoms in total. The molecule has 1 aliphatic rings. The molecule has 1 saturated carbocycles. The van der Waals surface area contributed by atoms with Crippen molar-refractivity contribution in [2.24, 2.45) is 0 Å². The second-order valence-electron chi connectivity index (χ2n) is 4.98. The van der Waals surface area contributed by atoms with E-state index in [0.29, 0.717) is 6.42 Å². The summed E-state index contributed by atoms with van der Waals surface area (Å²) in [7, 11) is 0. The van der Waals surface area contributed by atoms with Crippen LogP contribution in [0.4, 0.5) is 0 Å². The predicted octanol–water partition coefficient (Wildman–Crippen LogP) is 0.0638. The van der Waals surface area contributed by atoms with Crippen molar-refractivity contribution in [3.8, 4) is 0 Å². The summed E-state index contributed by atoms with van der Waals surface area (Å²) in [5.74, 6) is 0. The lowest BCUT2D eigenvalue weighted by molar-refractivity contribution is -0.0681. The Morgan fingerprint density at radius 3 is 2.50 bits per heavy atom. The molecule has 0 radical (unpaired) electrons. The van der Waals surface area contributed by atoms with Crippen LogP contribution in [0, 0.1) is 0 Å². The highest BCUT2D eigenvalue weighted by atomic mass is 16.3. The first-order chi connectivity index (χ1) is 8.66. The summed E-state index contributed by atoms with van der Waals surface area (Å²) in [6.07, 6.45) is -0.522. The molecule has 1 aliphatic carbocycles. The van der Waals surface area contributed by atoms with Crippen LogP contribution in [0.5, 0.6) is 0 Å². The van der Waals surface area contributed by atoms with Crippen LogP contribution in [0.25, 0.3) is 0 Å². The second-order valence-corrected chi connectivity index (χ2v) is 4.98. The number of aliphatic hydroxyl groups excluding tert-OH is 3. The van der Waals surface area contributed by atoms with Crippen LogP contribution in [0.3, 0.4) is 0 Å². The maximum absolute atomic E-state index is 9.83. The molecule has 0 bridgehead atoms. The molecule has 0 aromatic heterocycles. The number of hydrogen-bond donors (Lipinski definition) is 4. The molecular weight excluding hydrogens is 230 g/mol. The zero-order valence-electron chi connectivity index (χ0n) is 10.4. The summed E-state index contributed by atoms with van der Waals surface area (Å²) < 4.78 is 0. The molecule has 1 fully saturated rings. The van der Waals surface area contributed by atoms with Crippen molar-refractivity contribution in [1.29, 1.82) is 0 Å². The van der Waals surface area contributed by atoms with Gasteiger partial charge in [0, 0.05) is 12.5 Å². The van der Waals surface area contributed by atoms with Gasteiger partial charge in [0.15, 0.2) is 0 Å². The molecular formula is C14H21NO3. The maximum Gasteiger partial charge on any atom is 0.0953 e. The Bertz CT molecular complexity index is 357. The fourth-order valence-corrected chi connectivity index (χ4v) is 2.47. The van der Waals surface area contributed by atoms with Crippen molar-refractivity contribution in [3.63, 3.8) is 0 Å². The third-order valence-corrected chi connectivity index (χ3v) is 3.51. The highest BCUT2D eigenvalue weighted by Crippen LogP contribution is 2.19. The van der Waals surface area contributed by atoms with Gasteiger partial charge in [0.05, 0.1) is 18.3 Å². The van der Waals surface area contributed by atoms with E-state index < -0.39 is 18.3 Å². The first-order valence-electron chi connectivity index (χ1n) is 6.48. The molecule has 0 heterocycles. The molecule has 0 amide bonds. The number of rotatable bonds is 4. The molecule has 0 unspecified atom stereocenters. The van der Waals surface area contributed by atoms with Crippen molar-refractivity contribution >= 4 is 0 Å². The van der Waals surface area contributed by atoms with E-state index in [0.717, 1.165) is 13.0 Å². The fourth-order valence-electron chi connectivity index (χ4n) is 2.47. The molecule has 4 N–H and O–H groups in total. The quantitative estimate of drug-likeness (QED) is 0.611. The summed E-state index contributed by atoms with van der Waals surface area (Å²) in [5, 5.41) is 32.2. The van der Waals surface area contributed by atoms with E-state index >= 15 is 0 Å². The smallest absolute Gasteiger partial charge is 0.0953 e. The van der Waals surface area contributed by atoms with Gasteiger partial charge in [-0.05, 0) is 24.9 Å². The van der Waals surface area contributed by atoms with Crippen LogP contribution in [0.15, 0.2) is 30.3 Å². The van der Waals surface area contributed by atoms with Crippen molar-refractivity contribution in [2.75, 3.05) is 6.54 Å². The topological polar surface area (TPSA) is 72.7 Å². The molecule has 2 rings (SSSR count). The first-order valence-corrected chi connectivity index (χ1v) is 6.48. The molecule has 4 atom stereocenters. The molecule has 100 valence electrons. The molecule has 1 aromatic carbocycles. The Morgan fingerprint density at radius 1 is 1.06 bits per heavy atom. The zero-order chi connectivity index (χ0) is 13.0. The van der Waals surface area contributed by atoms with Gasteiger partial charge in [-0.2, -0.15) is 0 Å². The van der Waals surface area contributed by atoms with E-state index in [4.69, 9.17) is 0 Å². The van der Waals surface area contributed by atoms with Crippen LogP contribution in [0.2, 0.25) is 0 Å². The maximum atomic E-state index is 9.83. The minimum atomic E-state index is -0.831. The Labute approximate surface area is 107 Å². The van der Waals surface area contributed by atoms with Crippen LogP contribution in [0.1, 0.15) is 18.4 Å². The Balaban J connectivity index is 1.79. The van der Waals surface area contributed by atoms with Gasteiger partial charge in [-0.15, -0.1) is 0 Å². The Hall–Kier alpha value is -0.940. The zero-order valence-corrected chi connectivity index (χ0v) is 10.4. The van der Waals surface area contributed by atoms with E-state index in [1.165, 1.54) is 5.56 Å². The average Bonchev–Trinajstić information content (AvgIpc) is 2.36. The van der Waals surface area contributed by atoms with Crippen LogP contribution < -0.4 is 5.32 Å². The number of hydrogen-bond acceptors (Lipinski definition) is 4. The Morgan fingerprint density at radius 2 is 1.78 bits per heavy atom.